The van der Waals surface area contributed by atoms with Crippen molar-refractivity contribution in [2.45, 2.75) is 79.1 Å². The number of para-hydroxylation sites is 4. The summed E-state index contributed by atoms with van der Waals surface area (Å²) in [5.74, 6) is 3.17. The highest BCUT2D eigenvalue weighted by molar-refractivity contribution is 6.12. The average Bonchev–Trinajstić information content (AvgIpc) is 4.18. The first-order valence-electron chi connectivity index (χ1n) is 24.6. The first kappa shape index (κ1) is 45.8. The van der Waals surface area contributed by atoms with E-state index in [2.05, 4.69) is 177 Å². The van der Waals surface area contributed by atoms with E-state index in [0.29, 0.717) is 26.4 Å². The molecule has 4 aromatic carbocycles. The van der Waals surface area contributed by atoms with Crippen LogP contribution >= 0.6 is 0 Å². The predicted molar refractivity (Wildman–Crippen MR) is 281 cm³/mol. The van der Waals surface area contributed by atoms with Crippen molar-refractivity contribution in [3.05, 3.63) is 156 Å². The van der Waals surface area contributed by atoms with Gasteiger partial charge in [-0.3, -0.25) is 0 Å². The molecule has 0 fully saturated rings. The van der Waals surface area contributed by atoms with E-state index in [0.717, 1.165) is 164 Å². The van der Waals surface area contributed by atoms with Crippen LogP contribution in [0.25, 0.3) is 79.2 Å². The molecule has 0 radical (unpaired) electrons. The topological polar surface area (TPSA) is 94.3 Å². The molecule has 0 saturated carbocycles. The highest BCUT2D eigenvalue weighted by Crippen LogP contribution is 2.51. The number of hydrogen-bond donors (Lipinski definition) is 2. The zero-order valence-electron chi connectivity index (χ0n) is 39.9. The fourth-order valence-corrected chi connectivity index (χ4v) is 8.79. The van der Waals surface area contributed by atoms with Gasteiger partial charge < -0.3 is 28.9 Å². The molecular weight excluding hydrogens is 841 g/mol. The van der Waals surface area contributed by atoms with Crippen molar-refractivity contribution < 1.29 is 18.9 Å². The molecule has 0 saturated heterocycles. The lowest BCUT2D eigenvalue weighted by molar-refractivity contribution is 0.308. The molecule has 346 valence electrons. The lowest BCUT2D eigenvalue weighted by atomic mass is 9.90. The average molecular weight is 903 g/mol. The van der Waals surface area contributed by atoms with E-state index >= 15 is 0 Å². The summed E-state index contributed by atoms with van der Waals surface area (Å²) in [5, 5.41) is 0. The summed E-state index contributed by atoms with van der Waals surface area (Å²) in [6.45, 7) is 11.1. The number of unbranched alkanes of at least 4 members (excludes halogenated alkanes) is 4. The molecule has 0 unspecified atom stereocenters. The quantitative estimate of drug-likeness (QED) is 0.0740. The van der Waals surface area contributed by atoms with Gasteiger partial charge in [0.1, 0.15) is 23.0 Å². The number of H-pyrrole nitrogens is 2. The van der Waals surface area contributed by atoms with Crippen LogP contribution in [0, 0.1) is 0 Å². The van der Waals surface area contributed by atoms with E-state index in [4.69, 9.17) is 28.9 Å². The maximum atomic E-state index is 6.80. The lowest BCUT2D eigenvalue weighted by Gasteiger charge is -2.18. The number of ether oxygens (including phenoxy) is 4. The van der Waals surface area contributed by atoms with Gasteiger partial charge in [0.25, 0.3) is 0 Å². The molecule has 0 atom stereocenters. The summed E-state index contributed by atoms with van der Waals surface area (Å²) in [7, 11) is 0. The van der Waals surface area contributed by atoms with Gasteiger partial charge in [-0.2, -0.15) is 0 Å². The Labute approximate surface area is 400 Å². The van der Waals surface area contributed by atoms with E-state index in [1.165, 1.54) is 0 Å². The highest BCUT2D eigenvalue weighted by Gasteiger charge is 2.29. The highest BCUT2D eigenvalue weighted by atomic mass is 16.5. The van der Waals surface area contributed by atoms with E-state index < -0.39 is 0 Å². The van der Waals surface area contributed by atoms with Gasteiger partial charge in [0.05, 0.1) is 54.7 Å². The monoisotopic (exact) mass is 902 g/mol. The predicted octanol–water partition coefficient (Wildman–Crippen LogP) is 15.8. The van der Waals surface area contributed by atoms with Gasteiger partial charge in [-0.15, -0.1) is 0 Å². The molecule has 5 heterocycles. The Balaban J connectivity index is 1.51. The number of hydrogen-bond acceptors (Lipinski definition) is 6. The van der Waals surface area contributed by atoms with Gasteiger partial charge in [0.2, 0.25) is 0 Å². The minimum Gasteiger partial charge on any atom is -0.493 e. The summed E-state index contributed by atoms with van der Waals surface area (Å²) in [6, 6.07) is 44.1. The third-order valence-corrected chi connectivity index (χ3v) is 12.3. The van der Waals surface area contributed by atoms with E-state index in [1.807, 2.05) is 6.07 Å². The molecule has 8 nitrogen and oxygen atoms in total. The molecule has 9 rings (SSSR count). The summed E-state index contributed by atoms with van der Waals surface area (Å²) >= 11 is 0. The fraction of sp³-hybridized carbons (Fsp3) is 0.267. The van der Waals surface area contributed by atoms with Crippen molar-refractivity contribution in [3.8, 4) is 56.4 Å². The number of nitrogens with zero attached hydrogens (tertiary/aromatic N) is 2. The summed E-state index contributed by atoms with van der Waals surface area (Å²) in [5.41, 5.74) is 14.4. The first-order chi connectivity index (χ1) is 33.6. The van der Waals surface area contributed by atoms with Crippen LogP contribution in [-0.4, -0.2) is 46.4 Å². The van der Waals surface area contributed by atoms with Crippen LogP contribution in [0.3, 0.4) is 0 Å². The third kappa shape index (κ3) is 10.2. The second kappa shape index (κ2) is 22.0. The van der Waals surface area contributed by atoms with Crippen LogP contribution in [-0.2, 0) is 0 Å². The van der Waals surface area contributed by atoms with Crippen LogP contribution in [0.5, 0.6) is 23.0 Å². The minimum absolute atomic E-state index is 0.574. The lowest BCUT2D eigenvalue weighted by Crippen LogP contribution is -2.02. The van der Waals surface area contributed by atoms with Crippen LogP contribution < -0.4 is 18.9 Å². The molecule has 2 N–H and O–H groups in total. The maximum absolute atomic E-state index is 6.80. The molecule has 68 heavy (non-hydrogen) atoms. The maximum Gasteiger partial charge on any atom is 0.127 e. The Bertz CT molecular complexity index is 3100. The molecule has 0 spiro atoms. The summed E-state index contributed by atoms with van der Waals surface area (Å²) < 4.78 is 26.9. The zero-order valence-corrected chi connectivity index (χ0v) is 39.9. The molecule has 0 aliphatic carbocycles. The van der Waals surface area contributed by atoms with E-state index in [9.17, 15) is 0 Å². The van der Waals surface area contributed by atoms with Gasteiger partial charge >= 0.3 is 0 Å². The van der Waals surface area contributed by atoms with Crippen LogP contribution in [0.2, 0.25) is 0 Å². The normalized spacial score (nSPS) is 12.0. The number of aromatic amines is 2. The number of nitrogens with one attached hydrogen (secondary N) is 2. The van der Waals surface area contributed by atoms with Crippen LogP contribution in [0.4, 0.5) is 0 Å². The molecule has 8 bridgehead atoms. The van der Waals surface area contributed by atoms with Gasteiger partial charge in [0.15, 0.2) is 0 Å². The van der Waals surface area contributed by atoms with Gasteiger partial charge in [0, 0.05) is 61.1 Å². The molecule has 2 aliphatic heterocycles. The van der Waals surface area contributed by atoms with Gasteiger partial charge in [-0.05, 0) is 98.5 Å². The Morgan fingerprint density at radius 3 is 1.35 bits per heavy atom. The van der Waals surface area contributed by atoms with Crippen LogP contribution in [0.15, 0.2) is 127 Å². The smallest absolute Gasteiger partial charge is 0.127 e. The first-order valence-corrected chi connectivity index (χ1v) is 24.6. The van der Waals surface area contributed by atoms with Crippen LogP contribution in [0.1, 0.15) is 107 Å². The number of rotatable bonds is 20. The standard InChI is InChI=1S/C60H62N4O4/c1-5-9-33-65-52-25-17-13-21-46(52)50-39-45-38-43-30-29-41(61-43)37-42-31-32-44(62-42)40-51-56(47-22-14-18-26-53(47)66-34-10-6-2)57(48-23-15-19-27-54(48)67-35-11-7-3)60(64-51)58(59(50)63-45)49-24-16-20-28-55(49)68-36-12-8-4/h13-32,37-40,61,64H,5-12,33-36H2,1-4H3. The fourth-order valence-electron chi connectivity index (χ4n) is 8.79. The Hall–Kier alpha value is -7.32. The zero-order chi connectivity index (χ0) is 46.7. The number of fused-ring (bicyclic) bond motifs is 8. The second-order valence-electron chi connectivity index (χ2n) is 17.4. The van der Waals surface area contributed by atoms with Crippen molar-refractivity contribution >= 4 is 45.9 Å². The minimum atomic E-state index is 0.574. The van der Waals surface area contributed by atoms with Gasteiger partial charge in [-0.25, -0.2) is 9.97 Å². The largest absolute Gasteiger partial charge is 0.493 e. The Kier molecular flexibility index (Phi) is 14.8. The molecule has 8 heteroatoms. The third-order valence-electron chi connectivity index (χ3n) is 12.3. The van der Waals surface area contributed by atoms with Crippen molar-refractivity contribution in [1.29, 1.82) is 0 Å². The molecule has 7 aromatic rings. The molecule has 0 amide bonds. The van der Waals surface area contributed by atoms with Gasteiger partial charge in [-0.1, -0.05) is 126 Å². The Morgan fingerprint density at radius 1 is 0.412 bits per heavy atom. The van der Waals surface area contributed by atoms with E-state index in [1.54, 1.807) is 0 Å². The van der Waals surface area contributed by atoms with Crippen molar-refractivity contribution in [3.63, 3.8) is 0 Å². The van der Waals surface area contributed by atoms with Crippen molar-refractivity contribution in [2.75, 3.05) is 26.4 Å². The molecular formula is C60H62N4O4. The SMILES string of the molecule is CCCCOc1ccccc1C1=Cc2cc3ccc(cc4nc(cc5[nH]c(c(-c6ccccc6OCCCC)c1n2)c(-c1ccccc1OCCCC)c5-c1ccccc1OCCCC)C=C4)[nH]3. The Morgan fingerprint density at radius 2 is 0.838 bits per heavy atom. The van der Waals surface area contributed by atoms with Crippen molar-refractivity contribution in [1.82, 2.24) is 19.9 Å². The van der Waals surface area contributed by atoms with E-state index in [-0.39, 0.29) is 0 Å². The number of aromatic nitrogens is 4. The second-order valence-corrected chi connectivity index (χ2v) is 17.4. The summed E-state index contributed by atoms with van der Waals surface area (Å²) in [6.07, 6.45) is 14.1. The molecule has 2 aliphatic rings. The molecule has 3 aromatic heterocycles. The number of benzene rings is 4. The summed E-state index contributed by atoms with van der Waals surface area (Å²) in [4.78, 5) is 18.6. The van der Waals surface area contributed by atoms with Crippen molar-refractivity contribution in [2.24, 2.45) is 0 Å².